The van der Waals surface area contributed by atoms with Gasteiger partial charge >= 0.3 is 6.03 Å². The van der Waals surface area contributed by atoms with E-state index < -0.39 is 0 Å². The van der Waals surface area contributed by atoms with Crippen LogP contribution in [-0.2, 0) is 0 Å². The Labute approximate surface area is 132 Å². The van der Waals surface area contributed by atoms with Crippen molar-refractivity contribution in [3.63, 3.8) is 0 Å². The van der Waals surface area contributed by atoms with E-state index in [1.54, 1.807) is 22.4 Å². The van der Waals surface area contributed by atoms with E-state index in [2.05, 4.69) is 27.2 Å². The third-order valence-corrected chi connectivity index (χ3v) is 4.45. The van der Waals surface area contributed by atoms with Crippen LogP contribution in [0.1, 0.15) is 4.88 Å². The molecular formula is C15H17N5OS. The van der Waals surface area contributed by atoms with Crippen molar-refractivity contribution in [1.29, 1.82) is 0 Å². The molecule has 2 aromatic rings. The zero-order chi connectivity index (χ0) is 15.4. The molecule has 0 bridgehead atoms. The predicted octanol–water partition coefficient (Wildman–Crippen LogP) is 2.29. The van der Waals surface area contributed by atoms with Crippen molar-refractivity contribution < 1.29 is 4.79 Å². The number of rotatable bonds is 6. The number of hydrogen-bond donors (Lipinski definition) is 2. The predicted molar refractivity (Wildman–Crippen MR) is 88.9 cm³/mol. The zero-order valence-corrected chi connectivity index (χ0v) is 12.9. The fourth-order valence-corrected chi connectivity index (χ4v) is 3.04. The third kappa shape index (κ3) is 3.25. The summed E-state index contributed by atoms with van der Waals surface area (Å²) < 4.78 is 0. The van der Waals surface area contributed by atoms with Crippen molar-refractivity contribution in [1.82, 2.24) is 20.2 Å². The highest BCUT2D eigenvalue weighted by atomic mass is 32.1. The van der Waals surface area contributed by atoms with Crippen molar-refractivity contribution in [2.45, 2.75) is 0 Å². The lowest BCUT2D eigenvalue weighted by atomic mass is 10.3. The average molecular weight is 315 g/mol. The Balaban J connectivity index is 1.61. The van der Waals surface area contributed by atoms with Crippen LogP contribution in [0.5, 0.6) is 0 Å². The summed E-state index contributed by atoms with van der Waals surface area (Å²) in [6.45, 7) is 6.50. The van der Waals surface area contributed by atoms with Gasteiger partial charge in [-0.1, -0.05) is 12.7 Å². The lowest BCUT2D eigenvalue weighted by Gasteiger charge is -2.14. The molecular weight excluding hydrogens is 298 g/mol. The lowest BCUT2D eigenvalue weighted by Crippen LogP contribution is -2.32. The summed E-state index contributed by atoms with van der Waals surface area (Å²) in [5, 5.41) is 5.94. The summed E-state index contributed by atoms with van der Waals surface area (Å²) in [4.78, 5) is 24.1. The van der Waals surface area contributed by atoms with Crippen molar-refractivity contribution in [2.24, 2.45) is 0 Å². The van der Waals surface area contributed by atoms with Gasteiger partial charge in [0.25, 0.3) is 0 Å². The second kappa shape index (κ2) is 6.57. The Kier molecular flexibility index (Phi) is 4.34. The number of carbonyl (C=O) groups is 1. The van der Waals surface area contributed by atoms with Crippen LogP contribution in [0.3, 0.4) is 0 Å². The molecule has 0 unspecified atom stereocenters. The van der Waals surface area contributed by atoms with Crippen molar-refractivity contribution >= 4 is 29.4 Å². The van der Waals surface area contributed by atoms with Gasteiger partial charge in [0, 0.05) is 37.3 Å². The van der Waals surface area contributed by atoms with Crippen LogP contribution in [0.25, 0.3) is 16.6 Å². The molecule has 6 nitrogen and oxygen atoms in total. The number of urea groups is 1. The fourth-order valence-electron chi connectivity index (χ4n) is 2.21. The molecule has 0 spiro atoms. The van der Waals surface area contributed by atoms with Crippen LogP contribution in [0.15, 0.2) is 31.0 Å². The molecule has 0 atom stereocenters. The van der Waals surface area contributed by atoms with Gasteiger partial charge in [-0.3, -0.25) is 0 Å². The molecule has 1 aliphatic heterocycles. The van der Waals surface area contributed by atoms with Crippen molar-refractivity contribution in [3.05, 3.63) is 35.9 Å². The molecule has 3 heterocycles. The standard InChI is InChI=1S/C15H17N5OS/c1-2-11-3-4-13(22-11)12-5-6-16-14(19-12)17-7-9-20-10-8-18-15(20)21/h2-6H,1,7-10H2,(H,18,21)(H,16,17,19). The number of aromatic nitrogens is 2. The number of amides is 2. The quantitative estimate of drug-likeness (QED) is 0.858. The number of nitrogens with zero attached hydrogens (tertiary/aromatic N) is 3. The highest BCUT2D eigenvalue weighted by molar-refractivity contribution is 7.16. The molecule has 0 radical (unpaired) electrons. The third-order valence-electron chi connectivity index (χ3n) is 3.35. The van der Waals surface area contributed by atoms with E-state index >= 15 is 0 Å². The summed E-state index contributed by atoms with van der Waals surface area (Å²) in [5.74, 6) is 0.575. The van der Waals surface area contributed by atoms with E-state index in [0.29, 0.717) is 19.0 Å². The molecule has 0 aromatic carbocycles. The maximum Gasteiger partial charge on any atom is 0.317 e. The van der Waals surface area contributed by atoms with E-state index in [1.807, 2.05) is 24.3 Å². The molecule has 22 heavy (non-hydrogen) atoms. The molecule has 1 saturated heterocycles. The molecule has 1 fully saturated rings. The highest BCUT2D eigenvalue weighted by Crippen LogP contribution is 2.27. The number of hydrogen-bond acceptors (Lipinski definition) is 5. The van der Waals surface area contributed by atoms with E-state index in [-0.39, 0.29) is 6.03 Å². The zero-order valence-electron chi connectivity index (χ0n) is 12.1. The fraction of sp³-hybridized carbons (Fsp3) is 0.267. The lowest BCUT2D eigenvalue weighted by molar-refractivity contribution is 0.219. The Morgan fingerprint density at radius 1 is 1.45 bits per heavy atom. The van der Waals surface area contributed by atoms with Gasteiger partial charge in [-0.15, -0.1) is 11.3 Å². The van der Waals surface area contributed by atoms with Crippen molar-refractivity contribution in [2.75, 3.05) is 31.5 Å². The molecule has 2 amide bonds. The first kappa shape index (κ1) is 14.5. The summed E-state index contributed by atoms with van der Waals surface area (Å²) in [6.07, 6.45) is 3.57. The molecule has 2 aromatic heterocycles. The molecule has 1 aliphatic rings. The average Bonchev–Trinajstić information content (AvgIpc) is 3.17. The molecule has 7 heteroatoms. The molecule has 3 rings (SSSR count). The van der Waals surface area contributed by atoms with Crippen LogP contribution >= 0.6 is 11.3 Å². The van der Waals surface area contributed by atoms with Gasteiger partial charge in [0.05, 0.1) is 10.6 Å². The highest BCUT2D eigenvalue weighted by Gasteiger charge is 2.18. The van der Waals surface area contributed by atoms with Gasteiger partial charge in [-0.25, -0.2) is 14.8 Å². The second-order valence-corrected chi connectivity index (χ2v) is 5.93. The second-order valence-electron chi connectivity index (χ2n) is 4.82. The largest absolute Gasteiger partial charge is 0.352 e. The molecule has 2 N–H and O–H groups in total. The van der Waals surface area contributed by atoms with E-state index in [4.69, 9.17) is 0 Å². The first-order chi connectivity index (χ1) is 10.8. The Bertz CT molecular complexity index is 684. The van der Waals surface area contributed by atoms with Gasteiger partial charge in [0.1, 0.15) is 0 Å². The van der Waals surface area contributed by atoms with Gasteiger partial charge in [-0.05, 0) is 18.2 Å². The van der Waals surface area contributed by atoms with Crippen LogP contribution in [-0.4, -0.2) is 47.1 Å². The maximum atomic E-state index is 11.4. The van der Waals surface area contributed by atoms with E-state index in [9.17, 15) is 4.79 Å². The maximum absolute atomic E-state index is 11.4. The molecule has 0 saturated carbocycles. The van der Waals surface area contributed by atoms with Gasteiger partial charge in [0.15, 0.2) is 0 Å². The minimum absolute atomic E-state index is 0.00740. The summed E-state index contributed by atoms with van der Waals surface area (Å²) in [7, 11) is 0. The number of thiophene rings is 1. The van der Waals surface area contributed by atoms with Gasteiger partial charge in [0.2, 0.25) is 5.95 Å². The number of nitrogens with one attached hydrogen (secondary N) is 2. The van der Waals surface area contributed by atoms with Crippen molar-refractivity contribution in [3.8, 4) is 10.6 Å². The first-order valence-electron chi connectivity index (χ1n) is 7.08. The van der Waals surface area contributed by atoms with E-state index in [1.165, 1.54) is 0 Å². The summed E-state index contributed by atoms with van der Waals surface area (Å²) >= 11 is 1.64. The first-order valence-corrected chi connectivity index (χ1v) is 7.90. The summed E-state index contributed by atoms with van der Waals surface area (Å²) in [5.41, 5.74) is 0.884. The SMILES string of the molecule is C=Cc1ccc(-c2ccnc(NCCN3CCNC3=O)n2)s1. The van der Waals surface area contributed by atoms with Gasteiger partial charge < -0.3 is 15.5 Å². The molecule has 114 valence electrons. The van der Waals surface area contributed by atoms with Crippen LogP contribution < -0.4 is 10.6 Å². The minimum atomic E-state index is -0.00740. The van der Waals surface area contributed by atoms with Crippen LogP contribution in [0, 0.1) is 0 Å². The van der Waals surface area contributed by atoms with Crippen LogP contribution in [0.4, 0.5) is 10.7 Å². The summed E-state index contributed by atoms with van der Waals surface area (Å²) in [6, 6.07) is 5.93. The molecule has 0 aliphatic carbocycles. The monoisotopic (exact) mass is 315 g/mol. The smallest absolute Gasteiger partial charge is 0.317 e. The Hall–Kier alpha value is -2.41. The van der Waals surface area contributed by atoms with Crippen LogP contribution in [0.2, 0.25) is 0 Å². The number of carbonyl (C=O) groups excluding carboxylic acids is 1. The van der Waals surface area contributed by atoms with E-state index in [0.717, 1.165) is 28.5 Å². The van der Waals surface area contributed by atoms with Gasteiger partial charge in [-0.2, -0.15) is 0 Å². The Morgan fingerprint density at radius 3 is 3.09 bits per heavy atom. The topological polar surface area (TPSA) is 70.2 Å². The normalized spacial score (nSPS) is 14.0. The number of anilines is 1. The minimum Gasteiger partial charge on any atom is -0.352 e. The Morgan fingerprint density at radius 2 is 2.36 bits per heavy atom.